The number of nitrogens with one attached hydrogen (secondary N) is 1. The van der Waals surface area contributed by atoms with E-state index in [-0.39, 0.29) is 35.7 Å². The first-order valence-corrected chi connectivity index (χ1v) is 13.0. The summed E-state index contributed by atoms with van der Waals surface area (Å²) >= 11 is 12.1. The van der Waals surface area contributed by atoms with Crippen LogP contribution in [0, 0.1) is 5.92 Å². The molecular formula is C28H32Cl2N2O4. The van der Waals surface area contributed by atoms with Crippen LogP contribution in [0.3, 0.4) is 0 Å². The molecular weight excluding hydrogens is 499 g/mol. The van der Waals surface area contributed by atoms with Gasteiger partial charge in [-0.3, -0.25) is 14.5 Å². The lowest BCUT2D eigenvalue weighted by Crippen LogP contribution is -2.61. The van der Waals surface area contributed by atoms with Gasteiger partial charge in [0.05, 0.1) is 22.6 Å². The van der Waals surface area contributed by atoms with Gasteiger partial charge in [-0.15, -0.1) is 6.58 Å². The van der Waals surface area contributed by atoms with Crippen molar-refractivity contribution in [1.82, 2.24) is 10.2 Å². The normalized spacial score (nSPS) is 26.1. The number of likely N-dealkylation sites (tertiary alicyclic amines) is 1. The molecule has 192 valence electrons. The molecule has 0 radical (unpaired) electrons. The third-order valence-corrected chi connectivity index (χ3v) is 8.15. The minimum Gasteiger partial charge on any atom is -0.427 e. The number of esters is 1. The molecule has 0 spiro atoms. The number of benzene rings is 2. The monoisotopic (exact) mass is 530 g/mol. The Bertz CT molecular complexity index is 1140. The van der Waals surface area contributed by atoms with Crippen LogP contribution in [0.2, 0.25) is 10.0 Å². The highest BCUT2D eigenvalue weighted by atomic mass is 35.5. The number of aliphatic hydroxyl groups is 1. The number of rotatable bonds is 7. The van der Waals surface area contributed by atoms with Crippen molar-refractivity contribution in [2.75, 3.05) is 19.6 Å². The predicted molar refractivity (Wildman–Crippen MR) is 142 cm³/mol. The molecule has 1 saturated carbocycles. The van der Waals surface area contributed by atoms with Gasteiger partial charge in [-0.2, -0.15) is 0 Å². The first-order valence-electron chi connectivity index (χ1n) is 12.2. The molecule has 3 unspecified atom stereocenters. The average Bonchev–Trinajstić information content (AvgIpc) is 2.82. The maximum absolute atomic E-state index is 13.0. The van der Waals surface area contributed by atoms with Crippen molar-refractivity contribution in [2.45, 2.75) is 50.2 Å². The smallest absolute Gasteiger partial charge is 0.308 e. The van der Waals surface area contributed by atoms with Crippen molar-refractivity contribution in [3.05, 3.63) is 76.3 Å². The Hall–Kier alpha value is -2.38. The summed E-state index contributed by atoms with van der Waals surface area (Å²) in [4.78, 5) is 26.8. The number of amides is 1. The standard InChI is InChI=1S/C28H32Cl2N2O4/c1-3-10-32-11-9-28(20-5-4-6-22(14-20)36-18(2)33)16-21(15-26(34)23(28)17-32)31-27(35)13-19-7-8-24(29)25(30)12-19/h3-8,12,14,21,23,26,34H,1,9-11,13,15-17H2,2H3,(H,31,35)/t21-,23?,26?,28?/m0/s1. The summed E-state index contributed by atoms with van der Waals surface area (Å²) in [5.41, 5.74) is 1.43. The van der Waals surface area contributed by atoms with Gasteiger partial charge in [0, 0.05) is 37.4 Å². The molecule has 4 atom stereocenters. The minimum absolute atomic E-state index is 0.0259. The van der Waals surface area contributed by atoms with Gasteiger partial charge in [0.15, 0.2) is 0 Å². The largest absolute Gasteiger partial charge is 0.427 e. The molecule has 4 rings (SSSR count). The molecule has 2 aromatic carbocycles. The summed E-state index contributed by atoms with van der Waals surface area (Å²) in [6.45, 7) is 7.58. The second-order valence-electron chi connectivity index (χ2n) is 9.88. The summed E-state index contributed by atoms with van der Waals surface area (Å²) in [7, 11) is 0. The number of carbonyl (C=O) groups excluding carboxylic acids is 2. The number of nitrogens with zero attached hydrogens (tertiary/aromatic N) is 1. The van der Waals surface area contributed by atoms with Crippen LogP contribution in [0.15, 0.2) is 55.1 Å². The fourth-order valence-corrected chi connectivity index (χ4v) is 6.21. The first kappa shape index (κ1) is 26.7. The lowest BCUT2D eigenvalue weighted by Gasteiger charge is -2.54. The quantitative estimate of drug-likeness (QED) is 0.312. The van der Waals surface area contributed by atoms with Gasteiger partial charge >= 0.3 is 5.97 Å². The molecule has 1 heterocycles. The number of carbonyl (C=O) groups is 2. The summed E-state index contributed by atoms with van der Waals surface area (Å²) in [6.07, 6.45) is 3.44. The molecule has 2 aromatic rings. The highest BCUT2D eigenvalue weighted by Crippen LogP contribution is 2.49. The van der Waals surface area contributed by atoms with E-state index in [9.17, 15) is 14.7 Å². The van der Waals surface area contributed by atoms with E-state index in [2.05, 4.69) is 16.8 Å². The zero-order chi connectivity index (χ0) is 25.9. The Labute approximate surface area is 222 Å². The Morgan fingerprint density at radius 3 is 2.78 bits per heavy atom. The Morgan fingerprint density at radius 2 is 2.06 bits per heavy atom. The number of ether oxygens (including phenoxy) is 1. The van der Waals surface area contributed by atoms with Crippen molar-refractivity contribution >= 4 is 35.1 Å². The minimum atomic E-state index is -0.598. The fraction of sp³-hybridized carbons (Fsp3) is 0.429. The SMILES string of the molecule is C=CCN1CCC2(c3cccc(OC(C)=O)c3)C[C@@H](NC(=O)Cc3ccc(Cl)c(Cl)c3)CC(O)C2C1. The van der Waals surface area contributed by atoms with Crippen LogP contribution >= 0.6 is 23.2 Å². The zero-order valence-electron chi connectivity index (χ0n) is 20.4. The van der Waals surface area contributed by atoms with Gasteiger partial charge in [0.25, 0.3) is 0 Å². The molecule has 1 amide bonds. The number of fused-ring (bicyclic) bond motifs is 1. The van der Waals surface area contributed by atoms with E-state index in [0.29, 0.717) is 28.6 Å². The maximum Gasteiger partial charge on any atom is 0.308 e. The number of aliphatic hydroxyl groups excluding tert-OH is 1. The van der Waals surface area contributed by atoms with Crippen LogP contribution in [0.1, 0.15) is 37.3 Å². The maximum atomic E-state index is 13.0. The Morgan fingerprint density at radius 1 is 1.25 bits per heavy atom. The van der Waals surface area contributed by atoms with E-state index < -0.39 is 6.10 Å². The van der Waals surface area contributed by atoms with E-state index >= 15 is 0 Å². The van der Waals surface area contributed by atoms with Crippen LogP contribution < -0.4 is 10.1 Å². The van der Waals surface area contributed by atoms with Gasteiger partial charge in [-0.25, -0.2) is 0 Å². The van der Waals surface area contributed by atoms with E-state index in [1.807, 2.05) is 24.3 Å². The average molecular weight is 531 g/mol. The van der Waals surface area contributed by atoms with E-state index in [1.165, 1.54) is 6.92 Å². The Kier molecular flexibility index (Phi) is 8.41. The molecule has 1 aliphatic heterocycles. The highest BCUT2D eigenvalue weighted by molar-refractivity contribution is 6.42. The van der Waals surface area contributed by atoms with Crippen molar-refractivity contribution in [2.24, 2.45) is 5.92 Å². The second-order valence-corrected chi connectivity index (χ2v) is 10.7. The first-order chi connectivity index (χ1) is 17.2. The van der Waals surface area contributed by atoms with Crippen LogP contribution in [0.25, 0.3) is 0 Å². The third kappa shape index (κ3) is 5.94. The molecule has 2 aliphatic rings. The van der Waals surface area contributed by atoms with E-state index in [1.54, 1.807) is 24.3 Å². The molecule has 2 N–H and O–H groups in total. The molecule has 1 aliphatic carbocycles. The predicted octanol–water partition coefficient (Wildman–Crippen LogP) is 4.55. The molecule has 36 heavy (non-hydrogen) atoms. The van der Waals surface area contributed by atoms with Crippen LogP contribution in [0.4, 0.5) is 0 Å². The third-order valence-electron chi connectivity index (χ3n) is 7.41. The van der Waals surface area contributed by atoms with Gasteiger partial charge in [-0.05, 0) is 61.2 Å². The number of hydrogen-bond acceptors (Lipinski definition) is 5. The van der Waals surface area contributed by atoms with Gasteiger partial charge in [0.2, 0.25) is 5.91 Å². The summed E-state index contributed by atoms with van der Waals surface area (Å²) in [5, 5.41) is 15.4. The van der Waals surface area contributed by atoms with Crippen molar-refractivity contribution in [3.8, 4) is 5.75 Å². The van der Waals surface area contributed by atoms with Crippen molar-refractivity contribution in [3.63, 3.8) is 0 Å². The lowest BCUT2D eigenvalue weighted by molar-refractivity contribution is -0.132. The van der Waals surface area contributed by atoms with Crippen LogP contribution in [0.5, 0.6) is 5.75 Å². The van der Waals surface area contributed by atoms with Crippen LogP contribution in [-0.4, -0.2) is 53.7 Å². The van der Waals surface area contributed by atoms with Crippen molar-refractivity contribution < 1.29 is 19.4 Å². The molecule has 0 aromatic heterocycles. The number of hydrogen-bond donors (Lipinski definition) is 2. The number of halogens is 2. The lowest BCUT2D eigenvalue weighted by atomic mass is 9.57. The van der Waals surface area contributed by atoms with Gasteiger partial charge in [0.1, 0.15) is 5.75 Å². The summed E-state index contributed by atoms with van der Waals surface area (Å²) in [6, 6.07) is 12.6. The van der Waals surface area contributed by atoms with Crippen LogP contribution in [-0.2, 0) is 21.4 Å². The Balaban J connectivity index is 1.58. The summed E-state index contributed by atoms with van der Waals surface area (Å²) < 4.78 is 5.37. The van der Waals surface area contributed by atoms with Crippen molar-refractivity contribution in [1.29, 1.82) is 0 Å². The fourth-order valence-electron chi connectivity index (χ4n) is 5.89. The number of piperidine rings is 1. The molecule has 6 nitrogen and oxygen atoms in total. The zero-order valence-corrected chi connectivity index (χ0v) is 21.9. The summed E-state index contributed by atoms with van der Waals surface area (Å²) in [5.74, 6) is -0.0426. The van der Waals surface area contributed by atoms with Gasteiger partial charge < -0.3 is 15.2 Å². The molecule has 8 heteroatoms. The van der Waals surface area contributed by atoms with Gasteiger partial charge in [-0.1, -0.05) is 47.5 Å². The molecule has 2 fully saturated rings. The topological polar surface area (TPSA) is 78.9 Å². The highest BCUT2D eigenvalue weighted by Gasteiger charge is 2.52. The second kappa shape index (κ2) is 11.3. The van der Waals surface area contributed by atoms with E-state index in [4.69, 9.17) is 27.9 Å². The molecule has 0 bridgehead atoms. The van der Waals surface area contributed by atoms with E-state index in [0.717, 1.165) is 37.2 Å². The molecule has 1 saturated heterocycles.